The van der Waals surface area contributed by atoms with Crippen LogP contribution in [0.5, 0.6) is 0 Å². The van der Waals surface area contributed by atoms with Gasteiger partial charge in [-0.2, -0.15) is 0 Å². The van der Waals surface area contributed by atoms with Gasteiger partial charge in [-0.05, 0) is 30.3 Å². The predicted octanol–water partition coefficient (Wildman–Crippen LogP) is 2.27. The summed E-state index contributed by atoms with van der Waals surface area (Å²) in [6, 6.07) is 14.0. The normalized spacial score (nSPS) is 13.6. The average Bonchev–Trinajstić information content (AvgIpc) is 3.01. The van der Waals surface area contributed by atoms with Gasteiger partial charge in [0.25, 0.3) is 0 Å². The summed E-state index contributed by atoms with van der Waals surface area (Å²) in [6.45, 7) is 0.731. The Kier molecular flexibility index (Phi) is 1.97. The van der Waals surface area contributed by atoms with Gasteiger partial charge in [-0.1, -0.05) is 12.1 Å². The molecule has 0 radical (unpaired) electrons. The van der Waals surface area contributed by atoms with Crippen LogP contribution < -0.4 is 16.1 Å². The Morgan fingerprint density at radius 2 is 2.05 bits per heavy atom. The number of nitrogens with two attached hydrogens (primary N) is 1. The van der Waals surface area contributed by atoms with Crippen molar-refractivity contribution in [1.82, 2.24) is 9.66 Å². The molecule has 3 N–H and O–H groups in total. The van der Waals surface area contributed by atoms with E-state index in [9.17, 15) is 0 Å². The third-order valence-corrected chi connectivity index (χ3v) is 3.41. The molecule has 0 spiro atoms. The highest BCUT2D eigenvalue weighted by molar-refractivity contribution is 5.82. The monoisotopic (exact) mass is 251 g/mol. The first-order valence-corrected chi connectivity index (χ1v) is 6.16. The van der Waals surface area contributed by atoms with Crippen LogP contribution in [-0.2, 0) is 0 Å². The molecular formula is C14H13N5. The van der Waals surface area contributed by atoms with Gasteiger partial charge in [0.15, 0.2) is 0 Å². The van der Waals surface area contributed by atoms with Crippen molar-refractivity contribution < 1.29 is 0 Å². The van der Waals surface area contributed by atoms with Crippen LogP contribution in [0.15, 0.2) is 48.8 Å². The minimum Gasteiger partial charge on any atom is -0.399 e. The lowest BCUT2D eigenvalue weighted by Crippen LogP contribution is -2.28. The number of nitrogens with zero attached hydrogens (tertiary/aromatic N) is 3. The molecule has 0 unspecified atom stereocenters. The molecule has 94 valence electrons. The largest absolute Gasteiger partial charge is 0.399 e. The zero-order chi connectivity index (χ0) is 12.8. The number of hydrogen-bond donors (Lipinski definition) is 2. The Hall–Kier alpha value is -2.69. The average molecular weight is 251 g/mol. The number of anilines is 3. The highest BCUT2D eigenvalue weighted by Gasteiger charge is 2.20. The van der Waals surface area contributed by atoms with Crippen molar-refractivity contribution in [3.63, 3.8) is 0 Å². The molecule has 0 bridgehead atoms. The summed E-state index contributed by atoms with van der Waals surface area (Å²) >= 11 is 0. The molecular weight excluding hydrogens is 238 g/mol. The number of imidazole rings is 1. The van der Waals surface area contributed by atoms with E-state index in [4.69, 9.17) is 5.73 Å². The second kappa shape index (κ2) is 3.65. The van der Waals surface area contributed by atoms with E-state index < -0.39 is 0 Å². The molecule has 1 aliphatic rings. The number of nitrogens with one attached hydrogen (secondary N) is 1. The minimum atomic E-state index is 0.731. The van der Waals surface area contributed by atoms with Gasteiger partial charge in [-0.3, -0.25) is 5.01 Å². The fourth-order valence-corrected chi connectivity index (χ4v) is 2.49. The molecule has 0 atom stereocenters. The summed E-state index contributed by atoms with van der Waals surface area (Å²) < 4.78 is 2.05. The van der Waals surface area contributed by atoms with E-state index >= 15 is 0 Å². The summed E-state index contributed by atoms with van der Waals surface area (Å²) in [5.74, 6) is 0. The van der Waals surface area contributed by atoms with Crippen LogP contribution in [0.1, 0.15) is 0 Å². The second-order valence-electron chi connectivity index (χ2n) is 4.59. The Balaban J connectivity index is 1.88. The van der Waals surface area contributed by atoms with Crippen molar-refractivity contribution in [2.75, 3.05) is 22.7 Å². The summed E-state index contributed by atoms with van der Waals surface area (Å²) in [6.07, 6.45) is 1.83. The van der Waals surface area contributed by atoms with E-state index in [1.165, 1.54) is 0 Å². The summed E-state index contributed by atoms with van der Waals surface area (Å²) in [5, 5.41) is 5.52. The van der Waals surface area contributed by atoms with Crippen LogP contribution in [0.4, 0.5) is 17.1 Å². The number of para-hydroxylation sites is 2. The number of benzene rings is 2. The Morgan fingerprint density at radius 3 is 3.00 bits per heavy atom. The molecule has 2 heterocycles. The van der Waals surface area contributed by atoms with Crippen molar-refractivity contribution in [2.24, 2.45) is 0 Å². The molecule has 4 rings (SSSR count). The van der Waals surface area contributed by atoms with E-state index in [0.29, 0.717) is 0 Å². The van der Waals surface area contributed by atoms with Crippen LogP contribution in [0.3, 0.4) is 0 Å². The fraction of sp³-hybridized carbons (Fsp3) is 0.0714. The van der Waals surface area contributed by atoms with E-state index in [2.05, 4.69) is 27.4 Å². The first kappa shape index (κ1) is 10.3. The van der Waals surface area contributed by atoms with Gasteiger partial charge in [0.05, 0.1) is 22.4 Å². The van der Waals surface area contributed by atoms with Gasteiger partial charge >= 0.3 is 0 Å². The third kappa shape index (κ3) is 1.45. The maximum absolute atomic E-state index is 5.79. The van der Waals surface area contributed by atoms with Crippen LogP contribution in [0.2, 0.25) is 0 Å². The SMILES string of the molecule is Nc1ccc2c(c1)ncn2N1CNc2ccccc21. The zero-order valence-electron chi connectivity index (χ0n) is 10.2. The lowest BCUT2D eigenvalue weighted by atomic mass is 10.3. The molecule has 19 heavy (non-hydrogen) atoms. The maximum atomic E-state index is 5.79. The predicted molar refractivity (Wildman–Crippen MR) is 77.0 cm³/mol. The first-order chi connectivity index (χ1) is 9.33. The van der Waals surface area contributed by atoms with E-state index in [0.717, 1.165) is 34.8 Å². The summed E-state index contributed by atoms with van der Waals surface area (Å²) in [4.78, 5) is 4.41. The lowest BCUT2D eigenvalue weighted by molar-refractivity contribution is 0.761. The van der Waals surface area contributed by atoms with Gasteiger partial charge < -0.3 is 11.1 Å². The van der Waals surface area contributed by atoms with Crippen molar-refractivity contribution >= 4 is 28.1 Å². The van der Waals surface area contributed by atoms with Gasteiger partial charge in [0, 0.05) is 5.69 Å². The zero-order valence-corrected chi connectivity index (χ0v) is 10.2. The second-order valence-corrected chi connectivity index (χ2v) is 4.59. The van der Waals surface area contributed by atoms with E-state index in [1.807, 2.05) is 41.3 Å². The van der Waals surface area contributed by atoms with Crippen LogP contribution >= 0.6 is 0 Å². The Labute approximate surface area is 110 Å². The molecule has 3 aromatic rings. The molecule has 5 heteroatoms. The fourth-order valence-electron chi connectivity index (χ4n) is 2.49. The topological polar surface area (TPSA) is 59.1 Å². The van der Waals surface area contributed by atoms with Gasteiger partial charge in [-0.25, -0.2) is 9.66 Å². The van der Waals surface area contributed by atoms with Crippen molar-refractivity contribution in [3.05, 3.63) is 48.8 Å². The number of aromatic nitrogens is 2. The van der Waals surface area contributed by atoms with Crippen molar-refractivity contribution in [2.45, 2.75) is 0 Å². The smallest absolute Gasteiger partial charge is 0.116 e. The number of rotatable bonds is 1. The number of fused-ring (bicyclic) bond motifs is 2. The molecule has 1 aromatic heterocycles. The van der Waals surface area contributed by atoms with Gasteiger partial charge in [0.2, 0.25) is 0 Å². The minimum absolute atomic E-state index is 0.731. The number of hydrogen-bond acceptors (Lipinski definition) is 4. The highest BCUT2D eigenvalue weighted by Crippen LogP contribution is 2.32. The molecule has 5 nitrogen and oxygen atoms in total. The van der Waals surface area contributed by atoms with Crippen LogP contribution in [-0.4, -0.2) is 16.3 Å². The van der Waals surface area contributed by atoms with E-state index in [-0.39, 0.29) is 0 Å². The third-order valence-electron chi connectivity index (χ3n) is 3.41. The molecule has 1 aliphatic heterocycles. The molecule has 2 aromatic carbocycles. The summed E-state index contributed by atoms with van der Waals surface area (Å²) in [7, 11) is 0. The number of nitrogen functional groups attached to an aromatic ring is 1. The highest BCUT2D eigenvalue weighted by atomic mass is 15.6. The molecule has 0 saturated carbocycles. The first-order valence-electron chi connectivity index (χ1n) is 6.16. The quantitative estimate of drug-likeness (QED) is 0.651. The van der Waals surface area contributed by atoms with Gasteiger partial charge in [-0.15, -0.1) is 0 Å². The van der Waals surface area contributed by atoms with Gasteiger partial charge in [0.1, 0.15) is 13.0 Å². The lowest BCUT2D eigenvalue weighted by Gasteiger charge is -2.19. The Bertz CT molecular complexity index is 761. The van der Waals surface area contributed by atoms with E-state index in [1.54, 1.807) is 0 Å². The van der Waals surface area contributed by atoms with Crippen molar-refractivity contribution in [3.8, 4) is 0 Å². The van der Waals surface area contributed by atoms with Crippen LogP contribution in [0, 0.1) is 0 Å². The molecule has 0 fully saturated rings. The molecule has 0 saturated heterocycles. The van der Waals surface area contributed by atoms with Crippen LogP contribution in [0.25, 0.3) is 11.0 Å². The summed E-state index contributed by atoms with van der Waals surface area (Å²) in [5.41, 5.74) is 10.8. The Morgan fingerprint density at radius 1 is 1.16 bits per heavy atom. The van der Waals surface area contributed by atoms with Crippen molar-refractivity contribution in [1.29, 1.82) is 0 Å². The molecule has 0 aliphatic carbocycles. The maximum Gasteiger partial charge on any atom is 0.116 e. The standard InChI is InChI=1S/C14H13N5/c15-10-5-6-14-12(7-10)17-9-19(14)18-8-16-11-3-1-2-4-13(11)18/h1-7,9,16H,8,15H2. The molecule has 0 amide bonds.